The number of nitrogens with zero attached hydrogens (tertiary/aromatic N) is 1. The van der Waals surface area contributed by atoms with Crippen molar-refractivity contribution in [1.82, 2.24) is 4.98 Å². The number of hydrogen-bond acceptors (Lipinski definition) is 5. The van der Waals surface area contributed by atoms with Crippen molar-refractivity contribution in [3.63, 3.8) is 0 Å². The standard InChI is InChI=1S/C28H28N2O3S/c1-15(2)33-28(32)24-17(4)19(6)34-27(24)30-26(31)23-18(5)25(20-13-11-16(3)12-14-20)29-22-10-8-7-9-21(22)23/h7-15H,1-6H3,(H,30,31). The van der Waals surface area contributed by atoms with Crippen LogP contribution < -0.4 is 5.32 Å². The normalized spacial score (nSPS) is 11.1. The first-order chi connectivity index (χ1) is 16.2. The van der Waals surface area contributed by atoms with E-state index in [1.54, 1.807) is 0 Å². The lowest BCUT2D eigenvalue weighted by atomic mass is 9.96. The van der Waals surface area contributed by atoms with Crippen LogP contribution in [0.4, 0.5) is 5.00 Å². The number of rotatable bonds is 5. The first-order valence-electron chi connectivity index (χ1n) is 11.3. The molecule has 5 nitrogen and oxygen atoms in total. The zero-order chi connectivity index (χ0) is 24.6. The average molecular weight is 473 g/mol. The van der Waals surface area contributed by atoms with Gasteiger partial charge in [-0.05, 0) is 58.7 Å². The molecule has 0 unspecified atom stereocenters. The second-order valence-corrected chi connectivity index (χ2v) is 9.96. The van der Waals surface area contributed by atoms with Crippen molar-refractivity contribution in [2.24, 2.45) is 0 Å². The number of anilines is 1. The number of carbonyl (C=O) groups excluding carboxylic acids is 2. The molecule has 4 aromatic rings. The molecule has 1 N–H and O–H groups in total. The molecule has 34 heavy (non-hydrogen) atoms. The van der Waals surface area contributed by atoms with Crippen molar-refractivity contribution in [3.05, 3.63) is 81.2 Å². The van der Waals surface area contributed by atoms with Gasteiger partial charge in [-0.3, -0.25) is 4.79 Å². The Hall–Kier alpha value is -3.51. The van der Waals surface area contributed by atoms with Crippen molar-refractivity contribution in [1.29, 1.82) is 0 Å². The van der Waals surface area contributed by atoms with E-state index in [-0.39, 0.29) is 12.0 Å². The lowest BCUT2D eigenvalue weighted by Gasteiger charge is -2.15. The van der Waals surface area contributed by atoms with Gasteiger partial charge < -0.3 is 10.1 Å². The third-order valence-electron chi connectivity index (χ3n) is 5.85. The Morgan fingerprint density at radius 3 is 2.26 bits per heavy atom. The van der Waals surface area contributed by atoms with E-state index in [0.29, 0.717) is 16.1 Å². The summed E-state index contributed by atoms with van der Waals surface area (Å²) in [7, 11) is 0. The number of fused-ring (bicyclic) bond motifs is 1. The van der Waals surface area contributed by atoms with E-state index < -0.39 is 5.97 Å². The van der Waals surface area contributed by atoms with Gasteiger partial charge in [0.1, 0.15) is 5.00 Å². The van der Waals surface area contributed by atoms with Crippen LogP contribution in [0.15, 0.2) is 48.5 Å². The highest BCUT2D eigenvalue weighted by atomic mass is 32.1. The summed E-state index contributed by atoms with van der Waals surface area (Å²) in [5.41, 5.74) is 6.19. The van der Waals surface area contributed by atoms with Gasteiger partial charge in [-0.2, -0.15) is 0 Å². The maximum Gasteiger partial charge on any atom is 0.341 e. The minimum Gasteiger partial charge on any atom is -0.459 e. The highest BCUT2D eigenvalue weighted by molar-refractivity contribution is 7.16. The molecule has 0 bridgehead atoms. The number of aromatic nitrogens is 1. The molecule has 174 valence electrons. The molecule has 0 saturated carbocycles. The number of hydrogen-bond donors (Lipinski definition) is 1. The van der Waals surface area contributed by atoms with E-state index in [2.05, 4.69) is 5.32 Å². The lowest BCUT2D eigenvalue weighted by Crippen LogP contribution is -2.18. The monoisotopic (exact) mass is 472 g/mol. The van der Waals surface area contributed by atoms with Gasteiger partial charge in [-0.1, -0.05) is 48.0 Å². The molecule has 4 rings (SSSR count). The second-order valence-electron chi connectivity index (χ2n) is 8.74. The number of thiophene rings is 1. The molecule has 0 saturated heterocycles. The SMILES string of the molecule is Cc1ccc(-c2nc3ccccc3c(C(=O)Nc3sc(C)c(C)c3C(=O)OC(C)C)c2C)cc1. The highest BCUT2D eigenvalue weighted by Gasteiger charge is 2.25. The molecule has 0 fully saturated rings. The van der Waals surface area contributed by atoms with E-state index in [9.17, 15) is 9.59 Å². The topological polar surface area (TPSA) is 68.3 Å². The van der Waals surface area contributed by atoms with Crippen molar-refractivity contribution in [2.45, 2.75) is 47.6 Å². The van der Waals surface area contributed by atoms with Gasteiger partial charge >= 0.3 is 5.97 Å². The Labute approximate surface area is 203 Å². The van der Waals surface area contributed by atoms with Gasteiger partial charge in [0.15, 0.2) is 0 Å². The van der Waals surface area contributed by atoms with Crippen LogP contribution in [-0.2, 0) is 4.74 Å². The largest absolute Gasteiger partial charge is 0.459 e. The fourth-order valence-corrected chi connectivity index (χ4v) is 5.04. The molecule has 6 heteroatoms. The van der Waals surface area contributed by atoms with Crippen LogP contribution in [0.3, 0.4) is 0 Å². The van der Waals surface area contributed by atoms with Crippen LogP contribution in [0.2, 0.25) is 0 Å². The molecular weight excluding hydrogens is 444 g/mol. The minimum atomic E-state index is -0.427. The maximum absolute atomic E-state index is 13.7. The van der Waals surface area contributed by atoms with E-state index in [1.807, 2.05) is 90.1 Å². The average Bonchev–Trinajstić information content (AvgIpc) is 3.06. The van der Waals surface area contributed by atoms with E-state index >= 15 is 0 Å². The Kier molecular flexibility index (Phi) is 6.53. The van der Waals surface area contributed by atoms with Crippen LogP contribution in [0.1, 0.15) is 56.1 Å². The van der Waals surface area contributed by atoms with Gasteiger partial charge in [0, 0.05) is 15.8 Å². The number of benzene rings is 2. The highest BCUT2D eigenvalue weighted by Crippen LogP contribution is 2.35. The zero-order valence-corrected chi connectivity index (χ0v) is 21.1. The predicted octanol–water partition coefficient (Wildman–Crippen LogP) is 7.01. The summed E-state index contributed by atoms with van der Waals surface area (Å²) in [6.07, 6.45) is -0.251. The summed E-state index contributed by atoms with van der Waals surface area (Å²) >= 11 is 1.38. The predicted molar refractivity (Wildman–Crippen MR) is 139 cm³/mol. The fraction of sp³-hybridized carbons (Fsp3) is 0.250. The van der Waals surface area contributed by atoms with E-state index in [4.69, 9.17) is 9.72 Å². The summed E-state index contributed by atoms with van der Waals surface area (Å²) in [6, 6.07) is 15.7. The van der Waals surface area contributed by atoms with Crippen LogP contribution in [0.5, 0.6) is 0 Å². The van der Waals surface area contributed by atoms with Crippen LogP contribution in [-0.4, -0.2) is 23.0 Å². The molecule has 2 aromatic carbocycles. The number of nitrogens with one attached hydrogen (secondary N) is 1. The zero-order valence-electron chi connectivity index (χ0n) is 20.3. The number of esters is 1. The smallest absolute Gasteiger partial charge is 0.341 e. The van der Waals surface area contributed by atoms with E-state index in [0.717, 1.165) is 43.7 Å². The van der Waals surface area contributed by atoms with Crippen LogP contribution >= 0.6 is 11.3 Å². The molecule has 2 aromatic heterocycles. The van der Waals surface area contributed by atoms with E-state index in [1.165, 1.54) is 11.3 Å². The summed E-state index contributed by atoms with van der Waals surface area (Å²) < 4.78 is 5.45. The van der Waals surface area contributed by atoms with Crippen molar-refractivity contribution < 1.29 is 14.3 Å². The Morgan fingerprint density at radius 2 is 1.59 bits per heavy atom. The molecule has 0 radical (unpaired) electrons. The molecule has 2 heterocycles. The van der Waals surface area contributed by atoms with Gasteiger partial charge in [0.2, 0.25) is 0 Å². The van der Waals surface area contributed by atoms with Crippen molar-refractivity contribution in [2.75, 3.05) is 5.32 Å². The third-order valence-corrected chi connectivity index (χ3v) is 6.97. The number of aryl methyl sites for hydroxylation is 2. The summed E-state index contributed by atoms with van der Waals surface area (Å²) in [5.74, 6) is -0.701. The Balaban J connectivity index is 1.83. The van der Waals surface area contributed by atoms with Gasteiger partial charge in [0.05, 0.1) is 28.4 Å². The second kappa shape index (κ2) is 9.39. The van der Waals surface area contributed by atoms with Crippen LogP contribution in [0, 0.1) is 27.7 Å². The number of ether oxygens (including phenoxy) is 1. The van der Waals surface area contributed by atoms with Gasteiger partial charge in [0.25, 0.3) is 5.91 Å². The third kappa shape index (κ3) is 4.46. The molecule has 1 amide bonds. The molecule has 0 atom stereocenters. The van der Waals surface area contributed by atoms with Crippen LogP contribution in [0.25, 0.3) is 22.2 Å². The van der Waals surface area contributed by atoms with Gasteiger partial charge in [-0.25, -0.2) is 9.78 Å². The van der Waals surface area contributed by atoms with Crippen molar-refractivity contribution >= 4 is 39.1 Å². The number of pyridine rings is 1. The first-order valence-corrected chi connectivity index (χ1v) is 12.1. The maximum atomic E-state index is 13.7. The Morgan fingerprint density at radius 1 is 0.912 bits per heavy atom. The molecule has 0 aliphatic carbocycles. The number of amides is 1. The number of carbonyl (C=O) groups is 2. The minimum absolute atomic E-state index is 0.251. The molecule has 0 aliphatic heterocycles. The quantitative estimate of drug-likeness (QED) is 0.317. The number of para-hydroxylation sites is 1. The molecular formula is C28H28N2O3S. The molecule has 0 spiro atoms. The summed E-state index contributed by atoms with van der Waals surface area (Å²) in [4.78, 5) is 32.3. The first kappa shape index (κ1) is 23.6. The summed E-state index contributed by atoms with van der Waals surface area (Å²) in [6.45, 7) is 11.4. The summed E-state index contributed by atoms with van der Waals surface area (Å²) in [5, 5.41) is 4.29. The van der Waals surface area contributed by atoms with Gasteiger partial charge in [-0.15, -0.1) is 11.3 Å². The lowest BCUT2D eigenvalue weighted by molar-refractivity contribution is 0.0379. The molecule has 0 aliphatic rings. The fourth-order valence-electron chi connectivity index (χ4n) is 3.99. The van der Waals surface area contributed by atoms with Crippen molar-refractivity contribution in [3.8, 4) is 11.3 Å². The Bertz CT molecular complexity index is 1400.